The second kappa shape index (κ2) is 8.75. The van der Waals surface area contributed by atoms with Crippen molar-refractivity contribution < 1.29 is 75.2 Å². The molecule has 0 saturated heterocycles. The number of rotatable bonds is 0. The molecule has 0 saturated carbocycles. The van der Waals surface area contributed by atoms with Gasteiger partial charge in [-0.3, -0.25) is 0 Å². The van der Waals surface area contributed by atoms with E-state index in [1.54, 1.807) is 0 Å². The predicted octanol–water partition coefficient (Wildman–Crippen LogP) is -5.40. The van der Waals surface area contributed by atoms with Gasteiger partial charge in [-0.25, -0.2) is 0 Å². The van der Waals surface area contributed by atoms with Crippen LogP contribution >= 0.6 is 7.82 Å². The van der Waals surface area contributed by atoms with Crippen LogP contribution in [0, 0.1) is 0 Å². The van der Waals surface area contributed by atoms with Crippen molar-refractivity contribution in [3.8, 4) is 0 Å². The first-order chi connectivity index (χ1) is 2.00. The molecule has 8 heavy (non-hydrogen) atoms. The Hall–Kier alpha value is 1.75. The Morgan fingerprint density at radius 1 is 1.12 bits per heavy atom. The van der Waals surface area contributed by atoms with E-state index in [-0.39, 0.29) is 56.0 Å². The van der Waals surface area contributed by atoms with Gasteiger partial charge in [-0.05, 0) is 0 Å². The summed E-state index contributed by atoms with van der Waals surface area (Å²) in [6.45, 7) is 0. The molecule has 0 atom stereocenters. The van der Waals surface area contributed by atoms with Crippen LogP contribution in [0.4, 0.5) is 4.70 Å². The largest absolute Gasteiger partial charge is 4.00 e. The van der Waals surface area contributed by atoms with Gasteiger partial charge in [0.15, 0.2) is 0 Å². The van der Waals surface area contributed by atoms with Crippen molar-refractivity contribution in [1.29, 1.82) is 0 Å². The Kier molecular flexibility index (Phi) is 24.7. The zero-order chi connectivity index (χ0) is 4.50. The van der Waals surface area contributed by atoms with E-state index in [9.17, 15) is 0 Å². The number of phosphoric acid groups is 1. The summed E-state index contributed by atoms with van der Waals surface area (Å²) in [5, 5.41) is 0. The van der Waals surface area contributed by atoms with Gasteiger partial charge in [-0.2, -0.15) is 7.82 Å². The molecule has 0 rings (SSSR count). The zero-order valence-corrected chi connectivity index (χ0v) is 8.41. The predicted molar refractivity (Wildman–Crippen MR) is 8.71 cm³/mol. The number of hydrogen-bond acceptors (Lipinski definition) is 4. The van der Waals surface area contributed by atoms with E-state index in [2.05, 4.69) is 0 Å². The van der Waals surface area contributed by atoms with Crippen molar-refractivity contribution in [1.82, 2.24) is 0 Å². The van der Waals surface area contributed by atoms with Crippen LogP contribution in [0.5, 0.6) is 0 Å². The molecule has 0 amide bonds. The minimum atomic E-state index is -5.39. The average molecular weight is 185 g/mol. The molecule has 0 fully saturated rings. The van der Waals surface area contributed by atoms with Gasteiger partial charge in [0.1, 0.15) is 0 Å². The molecule has 0 unspecified atom stereocenters. The van der Waals surface area contributed by atoms with Gasteiger partial charge in [0, 0.05) is 4.70 Å². The first kappa shape index (κ1) is 22.6. The van der Waals surface area contributed by atoms with Crippen LogP contribution in [-0.4, -0.2) is 0 Å². The topological polar surface area (TPSA) is 86.2 Å². The average Bonchev–Trinajstić information content (AvgIpc) is 0.722. The summed E-state index contributed by atoms with van der Waals surface area (Å²) < 4.78 is 8.55. The van der Waals surface area contributed by atoms with Crippen molar-refractivity contribution in [2.24, 2.45) is 0 Å². The first-order valence-corrected chi connectivity index (χ1v) is 2.19. The van der Waals surface area contributed by atoms with Gasteiger partial charge in [-0.15, -0.1) is 0 Å². The molecule has 0 aromatic heterocycles. The minimum absolute atomic E-state index is 0. The van der Waals surface area contributed by atoms with Crippen LogP contribution in [0.25, 0.3) is 0 Å². The van der Waals surface area contributed by atoms with Crippen molar-refractivity contribution in [2.45, 2.75) is 0 Å². The van der Waals surface area contributed by atoms with Gasteiger partial charge in [0.05, 0.1) is 0 Å². The molecule has 0 N–H and O–H groups in total. The maximum Gasteiger partial charge on any atom is 4.00 e. The second-order valence-electron chi connectivity index (χ2n) is 0.447. The maximum atomic E-state index is 8.55. The van der Waals surface area contributed by atoms with E-state index >= 15 is 0 Å². The molecule has 0 aliphatic heterocycles. The van der Waals surface area contributed by atoms with Gasteiger partial charge >= 0.3 is 51.3 Å². The zero-order valence-electron chi connectivity index (χ0n) is 3.96. The Morgan fingerprint density at radius 2 is 1.12 bits per heavy atom. The van der Waals surface area contributed by atoms with Crippen molar-refractivity contribution in [2.75, 3.05) is 0 Å². The minimum Gasteiger partial charge on any atom is -0.822 e. The summed E-state index contributed by atoms with van der Waals surface area (Å²) in [6.07, 6.45) is 0. The van der Waals surface area contributed by atoms with Gasteiger partial charge in [0.25, 0.3) is 0 Å². The Labute approximate surface area is 82.5 Å². The SMILES string of the molecule is O=P([O-])([O-])[O-].[F].[Na+].[Ti+4]. The van der Waals surface area contributed by atoms with E-state index < -0.39 is 7.82 Å². The van der Waals surface area contributed by atoms with Crippen LogP contribution in [0.2, 0.25) is 0 Å². The summed E-state index contributed by atoms with van der Waals surface area (Å²) in [5.74, 6) is 0. The normalized spacial score (nSPS) is 7.38. The molecule has 0 aliphatic carbocycles. The molecule has 0 spiro atoms. The molecule has 1 radical (unpaired) electrons. The molecule has 0 bridgehead atoms. The van der Waals surface area contributed by atoms with Crippen molar-refractivity contribution in [3.63, 3.8) is 0 Å². The Morgan fingerprint density at radius 3 is 1.12 bits per heavy atom. The summed E-state index contributed by atoms with van der Waals surface area (Å²) in [4.78, 5) is 25.6. The van der Waals surface area contributed by atoms with Gasteiger partial charge in [-0.1, -0.05) is 0 Å². The monoisotopic (exact) mass is 185 g/mol. The van der Waals surface area contributed by atoms with E-state index in [1.165, 1.54) is 0 Å². The standard InChI is InChI=1S/F.Na.H3O4P.Ti/c;;1-5(2,3)4;/h;;(H3,1,2,3,4);/q;+1;;+4/p-3. The molecule has 0 aliphatic rings. The van der Waals surface area contributed by atoms with Crippen LogP contribution in [0.1, 0.15) is 0 Å². The Balaban J connectivity index is -0.0000000267. The molecule has 39 valence electrons. The Bertz CT molecular complexity index is 62.2. The van der Waals surface area contributed by atoms with Crippen LogP contribution < -0.4 is 44.2 Å². The van der Waals surface area contributed by atoms with E-state index in [0.29, 0.717) is 0 Å². The maximum absolute atomic E-state index is 8.55. The van der Waals surface area contributed by atoms with Crippen molar-refractivity contribution >= 4 is 7.82 Å². The first-order valence-electron chi connectivity index (χ1n) is 0.730. The molecular formula is FNaO4PTi+2. The fraction of sp³-hybridized carbons (Fsp3) is 0. The molecular weight excluding hydrogens is 185 g/mol. The second-order valence-corrected chi connectivity index (χ2v) is 1.34. The van der Waals surface area contributed by atoms with E-state index in [1.807, 2.05) is 0 Å². The van der Waals surface area contributed by atoms with Gasteiger partial charge in [0.2, 0.25) is 0 Å². The third kappa shape index (κ3) is 115. The number of hydrogen-bond donors (Lipinski definition) is 0. The van der Waals surface area contributed by atoms with Crippen LogP contribution in [0.3, 0.4) is 0 Å². The molecule has 8 heteroatoms. The van der Waals surface area contributed by atoms with Crippen LogP contribution in [-0.2, 0) is 26.3 Å². The summed E-state index contributed by atoms with van der Waals surface area (Å²) in [7, 11) is -5.39. The number of halogens is 1. The summed E-state index contributed by atoms with van der Waals surface area (Å²) in [6, 6.07) is 0. The fourth-order valence-electron chi connectivity index (χ4n) is 0. The van der Waals surface area contributed by atoms with Gasteiger partial charge < -0.3 is 19.2 Å². The quantitative estimate of drug-likeness (QED) is 0.278. The van der Waals surface area contributed by atoms with Crippen LogP contribution in [0.15, 0.2) is 0 Å². The molecule has 0 aromatic rings. The molecule has 0 aromatic carbocycles. The third-order valence-electron chi connectivity index (χ3n) is 0. The van der Waals surface area contributed by atoms with E-state index in [0.717, 1.165) is 0 Å². The third-order valence-corrected chi connectivity index (χ3v) is 0. The molecule has 4 nitrogen and oxygen atoms in total. The smallest absolute Gasteiger partial charge is 0.822 e. The molecule has 0 heterocycles. The summed E-state index contributed by atoms with van der Waals surface area (Å²) >= 11 is 0. The fourth-order valence-corrected chi connectivity index (χ4v) is 0. The van der Waals surface area contributed by atoms with Crippen molar-refractivity contribution in [3.05, 3.63) is 0 Å². The summed E-state index contributed by atoms with van der Waals surface area (Å²) in [5.41, 5.74) is 0. The van der Waals surface area contributed by atoms with E-state index in [4.69, 9.17) is 19.2 Å².